The summed E-state index contributed by atoms with van der Waals surface area (Å²) in [5, 5.41) is 9.95. The van der Waals surface area contributed by atoms with Crippen LogP contribution in [-0.2, 0) is 0 Å². The molecule has 0 aliphatic heterocycles. The van der Waals surface area contributed by atoms with Crippen LogP contribution >= 0.6 is 0 Å². The van der Waals surface area contributed by atoms with Crippen molar-refractivity contribution in [3.8, 4) is 0 Å². The lowest BCUT2D eigenvalue weighted by atomic mass is 9.90. The van der Waals surface area contributed by atoms with Crippen LogP contribution in [0.2, 0.25) is 0 Å². The van der Waals surface area contributed by atoms with Crippen LogP contribution in [0.15, 0.2) is 0 Å². The van der Waals surface area contributed by atoms with Crippen molar-refractivity contribution in [3.63, 3.8) is 0 Å². The van der Waals surface area contributed by atoms with E-state index in [2.05, 4.69) is 13.8 Å². The second-order valence-corrected chi connectivity index (χ2v) is 4.56. The Morgan fingerprint density at radius 2 is 2.00 bits per heavy atom. The van der Waals surface area contributed by atoms with E-state index in [1.165, 1.54) is 32.1 Å². The first kappa shape index (κ1) is 11.0. The molecule has 0 bridgehead atoms. The van der Waals surface area contributed by atoms with E-state index in [0.29, 0.717) is 5.92 Å². The highest BCUT2D eigenvalue weighted by molar-refractivity contribution is 4.79. The Labute approximate surface area is 82.5 Å². The van der Waals surface area contributed by atoms with Crippen molar-refractivity contribution in [3.05, 3.63) is 0 Å². The normalized spacial score (nSPS) is 21.5. The number of hydrogen-bond donors (Lipinski definition) is 1. The van der Waals surface area contributed by atoms with Gasteiger partial charge in [-0.1, -0.05) is 46.0 Å². The van der Waals surface area contributed by atoms with Gasteiger partial charge in [0.2, 0.25) is 0 Å². The van der Waals surface area contributed by atoms with Crippen LogP contribution in [0.4, 0.5) is 0 Å². The van der Waals surface area contributed by atoms with Gasteiger partial charge in [-0.2, -0.15) is 0 Å². The highest BCUT2D eigenvalue weighted by Gasteiger charge is 2.27. The fourth-order valence-electron chi connectivity index (χ4n) is 2.02. The van der Waals surface area contributed by atoms with Gasteiger partial charge in [-0.25, -0.2) is 0 Å². The third kappa shape index (κ3) is 4.12. The smallest absolute Gasteiger partial charge is 0.0570 e. The summed E-state index contributed by atoms with van der Waals surface area (Å²) in [6.07, 6.45) is 8.69. The Kier molecular flexibility index (Phi) is 4.79. The van der Waals surface area contributed by atoms with Gasteiger partial charge >= 0.3 is 0 Å². The molecule has 1 nitrogen and oxygen atoms in total. The largest absolute Gasteiger partial charge is 0.393 e. The monoisotopic (exact) mass is 184 g/mol. The van der Waals surface area contributed by atoms with Crippen molar-refractivity contribution < 1.29 is 5.11 Å². The summed E-state index contributed by atoms with van der Waals surface area (Å²) in [5.74, 6) is 1.44. The molecule has 0 amide bonds. The topological polar surface area (TPSA) is 20.2 Å². The lowest BCUT2D eigenvalue weighted by molar-refractivity contribution is 0.0850. The van der Waals surface area contributed by atoms with Crippen LogP contribution in [0.1, 0.15) is 58.8 Å². The summed E-state index contributed by atoms with van der Waals surface area (Å²) in [6.45, 7) is 4.43. The molecule has 1 aliphatic rings. The molecule has 0 spiro atoms. The van der Waals surface area contributed by atoms with E-state index in [1.807, 2.05) is 0 Å². The molecular weight excluding hydrogens is 160 g/mol. The van der Waals surface area contributed by atoms with Crippen LogP contribution in [0.5, 0.6) is 0 Å². The molecule has 1 aliphatic carbocycles. The molecule has 2 unspecified atom stereocenters. The standard InChI is InChI=1S/C12H24O/c1-3-5-6-11(4-2)12(13)9-10-7-8-10/h10-13H,3-9H2,1-2H3. The zero-order valence-electron chi connectivity index (χ0n) is 9.13. The average Bonchev–Trinajstić information content (AvgIpc) is 2.90. The van der Waals surface area contributed by atoms with Crippen molar-refractivity contribution in [1.82, 2.24) is 0 Å². The van der Waals surface area contributed by atoms with Gasteiger partial charge in [-0.15, -0.1) is 0 Å². The minimum absolute atomic E-state index is 0.0101. The zero-order valence-corrected chi connectivity index (χ0v) is 9.13. The van der Waals surface area contributed by atoms with E-state index in [0.717, 1.165) is 18.8 Å². The number of unbranched alkanes of at least 4 members (excludes halogenated alkanes) is 1. The molecule has 0 radical (unpaired) electrons. The number of rotatable bonds is 7. The van der Waals surface area contributed by atoms with Gasteiger partial charge in [-0.05, 0) is 24.7 Å². The number of hydrogen-bond acceptors (Lipinski definition) is 1. The maximum Gasteiger partial charge on any atom is 0.0570 e. The Morgan fingerprint density at radius 3 is 2.46 bits per heavy atom. The first-order valence-electron chi connectivity index (χ1n) is 5.96. The van der Waals surface area contributed by atoms with Gasteiger partial charge in [0.05, 0.1) is 6.10 Å². The molecule has 78 valence electrons. The van der Waals surface area contributed by atoms with Crippen molar-refractivity contribution in [2.75, 3.05) is 0 Å². The fourth-order valence-corrected chi connectivity index (χ4v) is 2.02. The summed E-state index contributed by atoms with van der Waals surface area (Å²) in [7, 11) is 0. The molecule has 1 heteroatoms. The zero-order chi connectivity index (χ0) is 9.68. The van der Waals surface area contributed by atoms with E-state index in [-0.39, 0.29) is 6.10 Å². The molecule has 0 saturated heterocycles. The Hall–Kier alpha value is -0.0400. The number of aliphatic hydroxyl groups is 1. The van der Waals surface area contributed by atoms with Gasteiger partial charge in [0, 0.05) is 0 Å². The minimum Gasteiger partial charge on any atom is -0.393 e. The van der Waals surface area contributed by atoms with Gasteiger partial charge in [0.25, 0.3) is 0 Å². The molecule has 13 heavy (non-hydrogen) atoms. The second kappa shape index (κ2) is 5.64. The van der Waals surface area contributed by atoms with Gasteiger partial charge in [0.15, 0.2) is 0 Å². The van der Waals surface area contributed by atoms with Gasteiger partial charge in [0.1, 0.15) is 0 Å². The van der Waals surface area contributed by atoms with Crippen molar-refractivity contribution in [2.45, 2.75) is 64.9 Å². The maximum atomic E-state index is 9.95. The molecule has 0 aromatic carbocycles. The van der Waals surface area contributed by atoms with Gasteiger partial charge < -0.3 is 5.11 Å². The highest BCUT2D eigenvalue weighted by Crippen LogP contribution is 2.36. The van der Waals surface area contributed by atoms with E-state index in [1.54, 1.807) is 0 Å². The first-order valence-corrected chi connectivity index (χ1v) is 5.96. The van der Waals surface area contributed by atoms with Crippen molar-refractivity contribution in [1.29, 1.82) is 0 Å². The quantitative estimate of drug-likeness (QED) is 0.643. The molecule has 1 saturated carbocycles. The molecule has 2 atom stereocenters. The molecule has 0 heterocycles. The van der Waals surface area contributed by atoms with Gasteiger partial charge in [-0.3, -0.25) is 0 Å². The van der Waals surface area contributed by atoms with E-state index in [4.69, 9.17) is 0 Å². The van der Waals surface area contributed by atoms with Crippen molar-refractivity contribution in [2.24, 2.45) is 11.8 Å². The van der Waals surface area contributed by atoms with Crippen LogP contribution in [0.3, 0.4) is 0 Å². The second-order valence-electron chi connectivity index (χ2n) is 4.56. The fraction of sp³-hybridized carbons (Fsp3) is 1.00. The predicted octanol–water partition coefficient (Wildman–Crippen LogP) is 3.36. The summed E-state index contributed by atoms with van der Waals surface area (Å²) < 4.78 is 0. The molecule has 1 N–H and O–H groups in total. The minimum atomic E-state index is -0.0101. The van der Waals surface area contributed by atoms with E-state index >= 15 is 0 Å². The van der Waals surface area contributed by atoms with E-state index < -0.39 is 0 Å². The highest BCUT2D eigenvalue weighted by atomic mass is 16.3. The average molecular weight is 184 g/mol. The Bertz CT molecular complexity index is 129. The molecule has 0 aromatic heterocycles. The lowest BCUT2D eigenvalue weighted by Gasteiger charge is -2.21. The van der Waals surface area contributed by atoms with Crippen LogP contribution in [0, 0.1) is 11.8 Å². The lowest BCUT2D eigenvalue weighted by Crippen LogP contribution is -2.20. The summed E-state index contributed by atoms with van der Waals surface area (Å²) in [6, 6.07) is 0. The summed E-state index contributed by atoms with van der Waals surface area (Å²) >= 11 is 0. The third-order valence-electron chi connectivity index (χ3n) is 3.27. The first-order chi connectivity index (χ1) is 6.27. The third-order valence-corrected chi connectivity index (χ3v) is 3.27. The Balaban J connectivity index is 2.17. The SMILES string of the molecule is CCCCC(CC)C(O)CC1CC1. The maximum absolute atomic E-state index is 9.95. The molecule has 1 fully saturated rings. The van der Waals surface area contributed by atoms with Crippen LogP contribution in [0.25, 0.3) is 0 Å². The van der Waals surface area contributed by atoms with E-state index in [9.17, 15) is 5.11 Å². The molecule has 1 rings (SSSR count). The summed E-state index contributed by atoms with van der Waals surface area (Å²) in [4.78, 5) is 0. The van der Waals surface area contributed by atoms with Crippen LogP contribution in [-0.4, -0.2) is 11.2 Å². The molecular formula is C12H24O. The number of aliphatic hydroxyl groups excluding tert-OH is 1. The Morgan fingerprint density at radius 1 is 1.31 bits per heavy atom. The van der Waals surface area contributed by atoms with Crippen LogP contribution < -0.4 is 0 Å². The van der Waals surface area contributed by atoms with Crippen molar-refractivity contribution >= 4 is 0 Å². The summed E-state index contributed by atoms with van der Waals surface area (Å²) in [5.41, 5.74) is 0. The predicted molar refractivity (Wildman–Crippen MR) is 56.7 cm³/mol. The molecule has 0 aromatic rings.